The van der Waals surface area contributed by atoms with Crippen LogP contribution in [0.2, 0.25) is 0 Å². The molecule has 1 aromatic rings. The molecule has 0 amide bonds. The van der Waals surface area contributed by atoms with Crippen molar-refractivity contribution in [1.82, 2.24) is 0 Å². The molecule has 2 unspecified atom stereocenters. The van der Waals surface area contributed by atoms with Crippen LogP contribution in [0.5, 0.6) is 0 Å². The molecule has 1 aromatic heterocycles. The molecular weight excluding hydrogens is 262 g/mol. The Balaban J connectivity index is 2.23. The van der Waals surface area contributed by atoms with Gasteiger partial charge in [0, 0.05) is 26.4 Å². The Labute approximate surface area is 119 Å². The third kappa shape index (κ3) is 6.49. The summed E-state index contributed by atoms with van der Waals surface area (Å²) in [7, 11) is 1.67. The van der Waals surface area contributed by atoms with Gasteiger partial charge in [-0.05, 0) is 35.2 Å². The maximum absolute atomic E-state index is 6.12. The molecule has 0 aliphatic carbocycles. The van der Waals surface area contributed by atoms with Gasteiger partial charge in [-0.25, -0.2) is 0 Å². The molecule has 0 aliphatic rings. The molecule has 4 nitrogen and oxygen atoms in total. The van der Waals surface area contributed by atoms with E-state index in [1.807, 2.05) is 0 Å². The smallest absolute Gasteiger partial charge is 0.0983 e. The summed E-state index contributed by atoms with van der Waals surface area (Å²) in [6.45, 7) is 4.72. The lowest BCUT2D eigenvalue weighted by molar-refractivity contribution is 0.0115. The quantitative estimate of drug-likeness (QED) is 0.636. The summed E-state index contributed by atoms with van der Waals surface area (Å²) >= 11 is 1.67. The fourth-order valence-electron chi connectivity index (χ4n) is 1.73. The van der Waals surface area contributed by atoms with E-state index in [2.05, 4.69) is 23.8 Å². The van der Waals surface area contributed by atoms with Crippen molar-refractivity contribution < 1.29 is 14.2 Å². The molecule has 19 heavy (non-hydrogen) atoms. The first-order chi connectivity index (χ1) is 9.29. The van der Waals surface area contributed by atoms with Gasteiger partial charge in [0.15, 0.2) is 0 Å². The molecule has 0 radical (unpaired) electrons. The van der Waals surface area contributed by atoms with Crippen molar-refractivity contribution >= 4 is 11.3 Å². The number of hydrogen-bond donors (Lipinski definition) is 1. The van der Waals surface area contributed by atoms with Gasteiger partial charge in [0.1, 0.15) is 0 Å². The number of thiophene rings is 1. The van der Waals surface area contributed by atoms with Crippen LogP contribution in [-0.4, -0.2) is 39.6 Å². The highest BCUT2D eigenvalue weighted by Crippen LogP contribution is 2.24. The van der Waals surface area contributed by atoms with Crippen LogP contribution in [0.4, 0.5) is 0 Å². The van der Waals surface area contributed by atoms with Gasteiger partial charge in [0.25, 0.3) is 0 Å². The van der Waals surface area contributed by atoms with Crippen molar-refractivity contribution in [2.24, 2.45) is 5.73 Å². The molecule has 5 heteroatoms. The third-order valence-corrected chi connectivity index (χ3v) is 3.60. The molecule has 0 saturated heterocycles. The normalized spacial score (nSPS) is 14.5. The minimum atomic E-state index is -0.00442. The van der Waals surface area contributed by atoms with Crippen LogP contribution in [-0.2, 0) is 14.2 Å². The van der Waals surface area contributed by atoms with Crippen molar-refractivity contribution in [1.29, 1.82) is 0 Å². The Hall–Kier alpha value is -0.460. The minimum absolute atomic E-state index is 0.00442. The molecule has 1 rings (SSSR count). The average Bonchev–Trinajstić information content (AvgIpc) is 2.95. The fraction of sp³-hybridized carbons (Fsp3) is 0.714. The summed E-state index contributed by atoms with van der Waals surface area (Å²) in [6.07, 6.45) is 1.78. The molecule has 0 spiro atoms. The zero-order chi connectivity index (χ0) is 13.9. The van der Waals surface area contributed by atoms with Crippen LogP contribution in [0.15, 0.2) is 16.8 Å². The molecule has 0 fully saturated rings. The first-order valence-corrected chi connectivity index (χ1v) is 7.69. The van der Waals surface area contributed by atoms with Crippen molar-refractivity contribution in [2.75, 3.05) is 33.5 Å². The maximum atomic E-state index is 6.12. The molecule has 0 aliphatic heterocycles. The zero-order valence-corrected chi connectivity index (χ0v) is 12.7. The standard InChI is InChI=1S/C14H25NO3S/c1-3-13(15)14(12-5-10-19-11-12)18-7-4-6-17-9-8-16-2/h5,10-11,13-14H,3-4,6-9,15H2,1-2H3. The van der Waals surface area contributed by atoms with E-state index < -0.39 is 0 Å². The predicted octanol–water partition coefficient (Wildman–Crippen LogP) is 2.60. The monoisotopic (exact) mass is 287 g/mol. The number of methoxy groups -OCH3 is 1. The Morgan fingerprint density at radius 2 is 2.11 bits per heavy atom. The summed E-state index contributed by atoms with van der Waals surface area (Å²) < 4.78 is 16.2. The molecule has 2 N–H and O–H groups in total. The molecule has 2 atom stereocenters. The average molecular weight is 287 g/mol. The van der Waals surface area contributed by atoms with E-state index in [1.165, 1.54) is 5.56 Å². The van der Waals surface area contributed by atoms with E-state index in [9.17, 15) is 0 Å². The zero-order valence-electron chi connectivity index (χ0n) is 11.8. The van der Waals surface area contributed by atoms with E-state index in [0.717, 1.165) is 12.8 Å². The Morgan fingerprint density at radius 1 is 1.26 bits per heavy atom. The van der Waals surface area contributed by atoms with Crippen LogP contribution >= 0.6 is 11.3 Å². The Kier molecular flexibility index (Phi) is 9.03. The lowest BCUT2D eigenvalue weighted by atomic mass is 10.0. The topological polar surface area (TPSA) is 53.7 Å². The molecule has 110 valence electrons. The fourth-order valence-corrected chi connectivity index (χ4v) is 2.42. The third-order valence-electron chi connectivity index (χ3n) is 2.89. The summed E-state index contributed by atoms with van der Waals surface area (Å²) in [6, 6.07) is 2.13. The molecule has 1 heterocycles. The number of rotatable bonds is 11. The van der Waals surface area contributed by atoms with E-state index in [4.69, 9.17) is 19.9 Å². The van der Waals surface area contributed by atoms with Crippen molar-refractivity contribution in [3.05, 3.63) is 22.4 Å². The van der Waals surface area contributed by atoms with E-state index in [1.54, 1.807) is 18.4 Å². The minimum Gasteiger partial charge on any atom is -0.382 e. The lowest BCUT2D eigenvalue weighted by Gasteiger charge is -2.22. The molecule has 0 saturated carbocycles. The molecular formula is C14H25NO3S. The van der Waals surface area contributed by atoms with Crippen LogP contribution in [0.3, 0.4) is 0 Å². The SMILES string of the molecule is CCC(N)C(OCCCOCCOC)c1ccsc1. The Bertz CT molecular complexity index is 306. The number of hydrogen-bond acceptors (Lipinski definition) is 5. The highest BCUT2D eigenvalue weighted by molar-refractivity contribution is 7.07. The van der Waals surface area contributed by atoms with Gasteiger partial charge in [-0.1, -0.05) is 6.92 Å². The molecule has 0 aromatic carbocycles. The van der Waals surface area contributed by atoms with Gasteiger partial charge in [-0.2, -0.15) is 11.3 Å². The number of nitrogens with two attached hydrogens (primary N) is 1. The second-order valence-electron chi connectivity index (χ2n) is 4.38. The lowest BCUT2D eigenvalue weighted by Crippen LogP contribution is -2.29. The molecule has 0 bridgehead atoms. The highest BCUT2D eigenvalue weighted by atomic mass is 32.1. The number of ether oxygens (including phenoxy) is 3. The van der Waals surface area contributed by atoms with Gasteiger partial charge in [0.2, 0.25) is 0 Å². The largest absolute Gasteiger partial charge is 0.382 e. The van der Waals surface area contributed by atoms with Crippen LogP contribution < -0.4 is 5.73 Å². The van der Waals surface area contributed by atoms with Crippen molar-refractivity contribution in [3.63, 3.8) is 0 Å². The van der Waals surface area contributed by atoms with E-state index in [0.29, 0.717) is 26.4 Å². The van der Waals surface area contributed by atoms with Gasteiger partial charge in [-0.3, -0.25) is 0 Å². The summed E-state index contributed by atoms with van der Waals surface area (Å²) in [5.41, 5.74) is 7.30. The van der Waals surface area contributed by atoms with Crippen LogP contribution in [0.25, 0.3) is 0 Å². The van der Waals surface area contributed by atoms with Gasteiger partial charge in [0.05, 0.1) is 19.3 Å². The van der Waals surface area contributed by atoms with E-state index >= 15 is 0 Å². The second kappa shape index (κ2) is 10.3. The van der Waals surface area contributed by atoms with Gasteiger partial charge < -0.3 is 19.9 Å². The predicted molar refractivity (Wildman–Crippen MR) is 78.6 cm³/mol. The van der Waals surface area contributed by atoms with Crippen molar-refractivity contribution in [3.8, 4) is 0 Å². The second-order valence-corrected chi connectivity index (χ2v) is 5.16. The Morgan fingerprint density at radius 3 is 2.74 bits per heavy atom. The maximum Gasteiger partial charge on any atom is 0.0983 e. The van der Waals surface area contributed by atoms with E-state index in [-0.39, 0.29) is 12.1 Å². The van der Waals surface area contributed by atoms with Crippen LogP contribution in [0, 0.1) is 0 Å². The summed E-state index contributed by atoms with van der Waals surface area (Å²) in [4.78, 5) is 0. The van der Waals surface area contributed by atoms with Gasteiger partial charge >= 0.3 is 0 Å². The highest BCUT2D eigenvalue weighted by Gasteiger charge is 2.19. The van der Waals surface area contributed by atoms with Crippen LogP contribution in [0.1, 0.15) is 31.4 Å². The van der Waals surface area contributed by atoms with Gasteiger partial charge in [-0.15, -0.1) is 0 Å². The first kappa shape index (κ1) is 16.6. The van der Waals surface area contributed by atoms with Crippen molar-refractivity contribution in [2.45, 2.75) is 31.9 Å². The summed E-state index contributed by atoms with van der Waals surface area (Å²) in [5, 5.41) is 4.16. The first-order valence-electron chi connectivity index (χ1n) is 6.75. The summed E-state index contributed by atoms with van der Waals surface area (Å²) in [5.74, 6) is 0.